The predicted octanol–water partition coefficient (Wildman–Crippen LogP) is 3.17. The minimum absolute atomic E-state index is 0.192. The van der Waals surface area contributed by atoms with Gasteiger partial charge >= 0.3 is 6.09 Å². The third-order valence-corrected chi connectivity index (χ3v) is 5.56. The molecular weight excluding hydrogens is 438 g/mol. The van der Waals surface area contributed by atoms with Gasteiger partial charge in [0.15, 0.2) is 11.5 Å². The molecule has 1 aromatic heterocycles. The third kappa shape index (κ3) is 4.45. The number of para-hydroxylation sites is 1. The van der Waals surface area contributed by atoms with Crippen molar-refractivity contribution in [1.82, 2.24) is 10.3 Å². The van der Waals surface area contributed by atoms with Crippen LogP contribution in [-0.2, 0) is 9.53 Å². The molecule has 2 amide bonds. The lowest BCUT2D eigenvalue weighted by Gasteiger charge is -2.21. The van der Waals surface area contributed by atoms with Gasteiger partial charge in [0, 0.05) is 29.2 Å². The first-order valence-corrected chi connectivity index (χ1v) is 10.9. The van der Waals surface area contributed by atoms with Gasteiger partial charge in [-0.3, -0.25) is 9.69 Å². The van der Waals surface area contributed by atoms with E-state index in [-0.39, 0.29) is 12.5 Å². The summed E-state index contributed by atoms with van der Waals surface area (Å²) in [6, 6.07) is 14.7. The Hall–Kier alpha value is -4.27. The number of carbonyl (C=O) groups excluding carboxylic acids is 2. The van der Waals surface area contributed by atoms with E-state index in [9.17, 15) is 9.59 Å². The van der Waals surface area contributed by atoms with Crippen molar-refractivity contribution in [3.05, 3.63) is 60.2 Å². The molecule has 0 bridgehead atoms. The number of ether oxygens (including phenoxy) is 4. The fraction of sp³-hybridized carbons (Fsp3) is 0.240. The number of cyclic esters (lactones) is 1. The van der Waals surface area contributed by atoms with Crippen LogP contribution in [0, 0.1) is 0 Å². The first kappa shape index (κ1) is 21.6. The van der Waals surface area contributed by atoms with Crippen LogP contribution in [0.1, 0.15) is 5.56 Å². The number of hydrogen-bond donors (Lipinski definition) is 1. The van der Waals surface area contributed by atoms with Crippen molar-refractivity contribution in [2.45, 2.75) is 6.10 Å². The fourth-order valence-corrected chi connectivity index (χ4v) is 3.88. The van der Waals surface area contributed by atoms with Crippen LogP contribution in [0.2, 0.25) is 0 Å². The van der Waals surface area contributed by atoms with Crippen LogP contribution in [0.25, 0.3) is 17.0 Å². The monoisotopic (exact) mass is 461 g/mol. The largest absolute Gasteiger partial charge is 0.486 e. The molecule has 1 fully saturated rings. The molecule has 174 valence electrons. The first-order valence-electron chi connectivity index (χ1n) is 10.9. The van der Waals surface area contributed by atoms with Crippen LogP contribution in [0.4, 0.5) is 10.5 Å². The summed E-state index contributed by atoms with van der Waals surface area (Å²) < 4.78 is 21.7. The zero-order valence-electron chi connectivity index (χ0n) is 18.5. The van der Waals surface area contributed by atoms with Crippen molar-refractivity contribution in [3.63, 3.8) is 0 Å². The quantitative estimate of drug-likeness (QED) is 0.563. The lowest BCUT2D eigenvalue weighted by atomic mass is 10.1. The van der Waals surface area contributed by atoms with Crippen LogP contribution >= 0.6 is 0 Å². The van der Waals surface area contributed by atoms with Gasteiger partial charge in [0.25, 0.3) is 0 Å². The number of nitrogens with one attached hydrogen (secondary N) is 1. The molecule has 0 spiro atoms. The smallest absolute Gasteiger partial charge is 0.414 e. The highest BCUT2D eigenvalue weighted by Crippen LogP contribution is 2.35. The van der Waals surface area contributed by atoms with E-state index < -0.39 is 12.2 Å². The van der Waals surface area contributed by atoms with E-state index in [4.69, 9.17) is 18.9 Å². The van der Waals surface area contributed by atoms with Gasteiger partial charge in [-0.1, -0.05) is 18.2 Å². The number of nitrogens with zero attached hydrogens (tertiary/aromatic N) is 2. The zero-order valence-corrected chi connectivity index (χ0v) is 18.5. The Bertz CT molecular complexity index is 1270. The minimum atomic E-state index is -0.471. The molecule has 2 aromatic carbocycles. The van der Waals surface area contributed by atoms with E-state index in [0.717, 1.165) is 16.5 Å². The molecule has 0 saturated carbocycles. The second-order valence-corrected chi connectivity index (χ2v) is 7.80. The Kier molecular flexibility index (Phi) is 5.90. The van der Waals surface area contributed by atoms with Gasteiger partial charge in [-0.2, -0.15) is 0 Å². The summed E-state index contributed by atoms with van der Waals surface area (Å²) in [4.78, 5) is 30.8. The molecule has 34 heavy (non-hydrogen) atoms. The molecular formula is C25H23N3O6. The summed E-state index contributed by atoms with van der Waals surface area (Å²) in [5.74, 6) is 1.45. The van der Waals surface area contributed by atoms with E-state index in [1.165, 1.54) is 11.0 Å². The molecule has 2 aliphatic heterocycles. The van der Waals surface area contributed by atoms with Gasteiger partial charge < -0.3 is 24.3 Å². The molecule has 1 saturated heterocycles. The maximum absolute atomic E-state index is 12.4. The average molecular weight is 461 g/mol. The lowest BCUT2D eigenvalue weighted by molar-refractivity contribution is -0.116. The van der Waals surface area contributed by atoms with E-state index in [2.05, 4.69) is 10.3 Å². The molecule has 1 atom stereocenters. The summed E-state index contributed by atoms with van der Waals surface area (Å²) in [7, 11) is 1.56. The van der Waals surface area contributed by atoms with Crippen LogP contribution in [0.3, 0.4) is 0 Å². The van der Waals surface area contributed by atoms with Crippen molar-refractivity contribution in [2.24, 2.45) is 0 Å². The summed E-state index contributed by atoms with van der Waals surface area (Å²) >= 11 is 0. The Morgan fingerprint density at radius 1 is 1.18 bits per heavy atom. The van der Waals surface area contributed by atoms with Crippen LogP contribution in [0.5, 0.6) is 17.4 Å². The van der Waals surface area contributed by atoms with Crippen LogP contribution < -0.4 is 24.4 Å². The second kappa shape index (κ2) is 9.30. The maximum Gasteiger partial charge on any atom is 0.414 e. The lowest BCUT2D eigenvalue weighted by Crippen LogP contribution is -2.33. The molecule has 0 aliphatic carbocycles. The SMILES string of the molecule is COc1ccc2cccc(C=CC(=O)NC[C@@H]3CN(c4ccc5c(c4)OCCO5)C(=O)O3)c2n1. The number of fused-ring (bicyclic) bond motifs is 2. The number of methoxy groups -OCH3 is 1. The molecule has 9 heteroatoms. The number of pyridine rings is 1. The van der Waals surface area contributed by atoms with Gasteiger partial charge in [-0.05, 0) is 24.3 Å². The molecule has 2 aliphatic rings. The zero-order chi connectivity index (χ0) is 23.5. The number of anilines is 1. The Morgan fingerprint density at radius 3 is 2.88 bits per heavy atom. The van der Waals surface area contributed by atoms with E-state index in [0.29, 0.717) is 42.8 Å². The minimum Gasteiger partial charge on any atom is -0.486 e. The van der Waals surface area contributed by atoms with Gasteiger partial charge in [0.1, 0.15) is 19.3 Å². The summed E-state index contributed by atoms with van der Waals surface area (Å²) in [5, 5.41) is 3.73. The summed E-state index contributed by atoms with van der Waals surface area (Å²) in [6.45, 7) is 1.47. The molecule has 0 unspecified atom stereocenters. The number of amides is 2. The topological polar surface area (TPSA) is 99.2 Å². The average Bonchev–Trinajstić information content (AvgIpc) is 3.25. The highest BCUT2D eigenvalue weighted by Gasteiger charge is 2.33. The highest BCUT2D eigenvalue weighted by molar-refractivity contribution is 5.95. The van der Waals surface area contributed by atoms with Gasteiger partial charge in [-0.25, -0.2) is 9.78 Å². The van der Waals surface area contributed by atoms with Crippen molar-refractivity contribution in [2.75, 3.05) is 38.3 Å². The highest BCUT2D eigenvalue weighted by atomic mass is 16.6. The van der Waals surface area contributed by atoms with Crippen molar-refractivity contribution < 1.29 is 28.5 Å². The Morgan fingerprint density at radius 2 is 2.03 bits per heavy atom. The summed E-state index contributed by atoms with van der Waals surface area (Å²) in [6.07, 6.45) is 2.20. The number of hydrogen-bond acceptors (Lipinski definition) is 7. The number of rotatable bonds is 6. The van der Waals surface area contributed by atoms with E-state index in [1.54, 1.807) is 37.5 Å². The first-order chi connectivity index (χ1) is 16.6. The molecule has 9 nitrogen and oxygen atoms in total. The fourth-order valence-electron chi connectivity index (χ4n) is 3.88. The third-order valence-electron chi connectivity index (χ3n) is 5.56. The molecule has 0 radical (unpaired) electrons. The standard InChI is InChI=1S/C25H23N3O6/c1-31-23-10-6-17-4-2-3-16(24(17)27-23)5-9-22(29)26-14-19-15-28(25(30)34-19)18-7-8-20-21(13-18)33-12-11-32-20/h2-10,13,19H,11-12,14-15H2,1H3,(H,26,29)/t19-/m1/s1. The van der Waals surface area contributed by atoms with Gasteiger partial charge in [0.2, 0.25) is 11.8 Å². The molecule has 3 heterocycles. The second-order valence-electron chi connectivity index (χ2n) is 7.80. The maximum atomic E-state index is 12.4. The van der Waals surface area contributed by atoms with Crippen LogP contribution in [-0.4, -0.2) is 56.5 Å². The van der Waals surface area contributed by atoms with Crippen molar-refractivity contribution in [3.8, 4) is 17.4 Å². The van der Waals surface area contributed by atoms with E-state index in [1.807, 2.05) is 24.3 Å². The number of carbonyl (C=O) groups is 2. The Labute approximate surface area is 195 Å². The predicted molar refractivity (Wildman–Crippen MR) is 125 cm³/mol. The van der Waals surface area contributed by atoms with Gasteiger partial charge in [-0.15, -0.1) is 0 Å². The van der Waals surface area contributed by atoms with Gasteiger partial charge in [0.05, 0.1) is 31.4 Å². The Balaban J connectivity index is 1.20. The number of aromatic nitrogens is 1. The van der Waals surface area contributed by atoms with E-state index >= 15 is 0 Å². The molecule has 1 N–H and O–H groups in total. The van der Waals surface area contributed by atoms with Crippen LogP contribution in [0.15, 0.2) is 54.6 Å². The molecule has 3 aromatic rings. The molecule has 5 rings (SSSR count). The van der Waals surface area contributed by atoms with Crippen molar-refractivity contribution >= 4 is 34.7 Å². The number of benzene rings is 2. The summed E-state index contributed by atoms with van der Waals surface area (Å²) in [5.41, 5.74) is 2.19. The van der Waals surface area contributed by atoms with Crippen molar-refractivity contribution in [1.29, 1.82) is 0 Å². The normalized spacial score (nSPS) is 17.1.